The molecule has 1 N–H and O–H groups in total. The fourth-order valence-electron chi connectivity index (χ4n) is 6.62. The van der Waals surface area contributed by atoms with Crippen molar-refractivity contribution >= 4 is 11.7 Å². The molecule has 242 valence electrons. The van der Waals surface area contributed by atoms with Crippen molar-refractivity contribution in [3.8, 4) is 0 Å². The molecule has 3 aliphatic rings. The van der Waals surface area contributed by atoms with Gasteiger partial charge in [-0.3, -0.25) is 14.6 Å². The minimum atomic E-state index is -3.09. The molecule has 6 rings (SSSR count). The van der Waals surface area contributed by atoms with Gasteiger partial charge in [0.2, 0.25) is 11.6 Å². The summed E-state index contributed by atoms with van der Waals surface area (Å²) in [5, 5.41) is 15.2. The smallest absolute Gasteiger partial charge is 0.257 e. The van der Waals surface area contributed by atoms with Gasteiger partial charge in [-0.05, 0) is 36.6 Å². The Kier molecular flexibility index (Phi) is 8.31. The number of likely N-dealkylation sites (tertiary alicyclic amines) is 2. The molecule has 0 spiro atoms. The highest BCUT2D eigenvalue weighted by Crippen LogP contribution is 2.41. The molecule has 45 heavy (non-hydrogen) atoms. The van der Waals surface area contributed by atoms with Crippen molar-refractivity contribution in [3.05, 3.63) is 82.2 Å². The van der Waals surface area contributed by atoms with Gasteiger partial charge in [0, 0.05) is 76.3 Å². The first-order valence-corrected chi connectivity index (χ1v) is 15.1. The number of carbonyl (C=O) groups is 1. The van der Waals surface area contributed by atoms with E-state index in [0.717, 1.165) is 12.3 Å². The van der Waals surface area contributed by atoms with Crippen LogP contribution in [0.25, 0.3) is 0 Å². The number of benzene rings is 1. The molecule has 14 heteroatoms. The fraction of sp³-hybridized carbons (Fsp3) is 0.516. The maximum atomic E-state index is 15.3. The van der Waals surface area contributed by atoms with E-state index < -0.39 is 47.8 Å². The first-order valence-electron chi connectivity index (χ1n) is 15.1. The van der Waals surface area contributed by atoms with Crippen LogP contribution in [0, 0.1) is 16.8 Å². The van der Waals surface area contributed by atoms with Crippen LogP contribution in [0.3, 0.4) is 0 Å². The number of pyridine rings is 1. The summed E-state index contributed by atoms with van der Waals surface area (Å²) in [6, 6.07) is 4.97. The average Bonchev–Trinajstić information content (AvgIpc) is 3.55. The predicted octanol–water partition coefficient (Wildman–Crippen LogP) is 5.01. The minimum absolute atomic E-state index is 0.0335. The van der Waals surface area contributed by atoms with E-state index in [1.165, 1.54) is 24.3 Å². The number of hydrogen-bond acceptors (Lipinski definition) is 5. The molecule has 3 atom stereocenters. The summed E-state index contributed by atoms with van der Waals surface area (Å²) in [6.07, 6.45) is 2.78. The standard InChI is InChI=1S/C31H34F6N6O2/c1-19(29(44)39-27-18-42-26(2-3-28(42)38-27)21-12-22(32)15-23(33)13-21)41-11-7-31(36,37)25(17-41)20-4-8-43(45)24(14-20)16-40-9-5-30(34,35)6-10-40/h4,8,12-15,18-19,25-26H,2-3,5-7,9-11,16-17H2,1H3,(H,39,44)/t19-,25+,26+/m0/s1. The number of rotatable bonds is 7. The summed E-state index contributed by atoms with van der Waals surface area (Å²) in [4.78, 5) is 21.1. The SMILES string of the molecule is C[C@@H](C(=O)Nc1cn2c(n1)CC[C@@H]2c1cc(F)cc(F)c1)N1CCC(F)(F)[C@@H](c2cc[n+]([O-])c(CN3CCC(F)(F)CC3)c2)C1. The molecule has 5 heterocycles. The number of amides is 1. The van der Waals surface area contributed by atoms with Crippen LogP contribution >= 0.6 is 0 Å². The molecule has 3 aliphatic heterocycles. The highest BCUT2D eigenvalue weighted by atomic mass is 19.3. The molecule has 2 aromatic heterocycles. The van der Waals surface area contributed by atoms with Crippen molar-refractivity contribution < 1.29 is 35.9 Å². The Morgan fingerprint density at radius 1 is 1.07 bits per heavy atom. The number of halogens is 6. The number of imidazole rings is 1. The van der Waals surface area contributed by atoms with E-state index in [0.29, 0.717) is 29.0 Å². The van der Waals surface area contributed by atoms with E-state index in [-0.39, 0.29) is 68.7 Å². The van der Waals surface area contributed by atoms with Crippen LogP contribution in [0.15, 0.2) is 42.7 Å². The third kappa shape index (κ3) is 6.67. The molecular weight excluding hydrogens is 602 g/mol. The van der Waals surface area contributed by atoms with Crippen molar-refractivity contribution in [1.29, 1.82) is 0 Å². The second-order valence-electron chi connectivity index (χ2n) is 12.3. The predicted molar refractivity (Wildman–Crippen MR) is 152 cm³/mol. The van der Waals surface area contributed by atoms with Crippen LogP contribution < -0.4 is 10.0 Å². The number of hydrogen-bond donors (Lipinski definition) is 1. The molecule has 0 radical (unpaired) electrons. The van der Waals surface area contributed by atoms with Crippen molar-refractivity contribution in [2.24, 2.45) is 0 Å². The number of nitrogens with one attached hydrogen (secondary N) is 1. The Hall–Kier alpha value is -3.65. The van der Waals surface area contributed by atoms with Gasteiger partial charge in [-0.2, -0.15) is 4.73 Å². The number of aryl methyl sites for hydroxylation is 1. The third-order valence-electron chi connectivity index (χ3n) is 9.29. The van der Waals surface area contributed by atoms with Crippen LogP contribution in [0.2, 0.25) is 0 Å². The van der Waals surface area contributed by atoms with Gasteiger partial charge in [0.15, 0.2) is 12.0 Å². The van der Waals surface area contributed by atoms with Gasteiger partial charge < -0.3 is 15.1 Å². The maximum absolute atomic E-state index is 15.3. The van der Waals surface area contributed by atoms with Crippen LogP contribution in [-0.4, -0.2) is 69.3 Å². The Balaban J connectivity index is 1.13. The highest BCUT2D eigenvalue weighted by molar-refractivity contribution is 5.93. The van der Waals surface area contributed by atoms with Crippen LogP contribution in [0.5, 0.6) is 0 Å². The van der Waals surface area contributed by atoms with E-state index in [2.05, 4.69) is 10.3 Å². The molecule has 1 amide bonds. The van der Waals surface area contributed by atoms with Crippen LogP contribution in [0.1, 0.15) is 67.2 Å². The maximum Gasteiger partial charge on any atom is 0.257 e. The number of piperidine rings is 2. The Bertz CT molecular complexity index is 1550. The zero-order valence-corrected chi connectivity index (χ0v) is 24.7. The van der Waals surface area contributed by atoms with Crippen molar-refractivity contribution in [2.75, 3.05) is 31.5 Å². The molecule has 0 unspecified atom stereocenters. The lowest BCUT2D eigenvalue weighted by molar-refractivity contribution is -0.615. The van der Waals surface area contributed by atoms with Crippen LogP contribution in [-0.2, 0) is 17.8 Å². The molecule has 2 fully saturated rings. The lowest BCUT2D eigenvalue weighted by atomic mass is 9.86. The van der Waals surface area contributed by atoms with E-state index in [9.17, 15) is 27.6 Å². The molecule has 3 aromatic rings. The molecule has 1 aromatic carbocycles. The molecule has 8 nitrogen and oxygen atoms in total. The summed E-state index contributed by atoms with van der Waals surface area (Å²) < 4.78 is 87.7. The van der Waals surface area contributed by atoms with Crippen molar-refractivity contribution in [1.82, 2.24) is 19.4 Å². The largest absolute Gasteiger partial charge is 0.618 e. The van der Waals surface area contributed by atoms with E-state index in [1.807, 2.05) is 0 Å². The molecule has 2 saturated heterocycles. The van der Waals surface area contributed by atoms with Crippen molar-refractivity contribution in [2.45, 2.75) is 75.4 Å². The summed E-state index contributed by atoms with van der Waals surface area (Å²) in [7, 11) is 0. The topological polar surface area (TPSA) is 80.3 Å². The second-order valence-corrected chi connectivity index (χ2v) is 12.3. The first kappa shape index (κ1) is 31.3. The number of carbonyl (C=O) groups excluding carboxylic acids is 1. The van der Waals surface area contributed by atoms with Gasteiger partial charge >= 0.3 is 0 Å². The third-order valence-corrected chi connectivity index (χ3v) is 9.29. The summed E-state index contributed by atoms with van der Waals surface area (Å²) in [5.41, 5.74) is 0.898. The number of aromatic nitrogens is 3. The Labute approximate surface area is 256 Å². The zero-order chi connectivity index (χ0) is 32.1. The van der Waals surface area contributed by atoms with E-state index in [1.54, 1.807) is 27.5 Å². The molecule has 0 aliphatic carbocycles. The summed E-state index contributed by atoms with van der Waals surface area (Å²) >= 11 is 0. The monoisotopic (exact) mass is 636 g/mol. The quantitative estimate of drug-likeness (QED) is 0.224. The highest BCUT2D eigenvalue weighted by Gasteiger charge is 2.47. The summed E-state index contributed by atoms with van der Waals surface area (Å²) in [5.74, 6) is -8.04. The lowest BCUT2D eigenvalue weighted by Gasteiger charge is -2.40. The number of alkyl halides is 4. The van der Waals surface area contributed by atoms with Gasteiger partial charge in [-0.25, -0.2) is 31.3 Å². The Morgan fingerprint density at radius 3 is 2.49 bits per heavy atom. The van der Waals surface area contributed by atoms with Gasteiger partial charge in [0.25, 0.3) is 11.8 Å². The van der Waals surface area contributed by atoms with Gasteiger partial charge in [-0.15, -0.1) is 0 Å². The zero-order valence-electron chi connectivity index (χ0n) is 24.7. The van der Waals surface area contributed by atoms with E-state index in [4.69, 9.17) is 0 Å². The molecule has 0 bridgehead atoms. The van der Waals surface area contributed by atoms with Gasteiger partial charge in [0.05, 0.1) is 24.5 Å². The second kappa shape index (κ2) is 11.9. The Morgan fingerprint density at radius 2 is 1.78 bits per heavy atom. The minimum Gasteiger partial charge on any atom is -0.618 e. The lowest BCUT2D eigenvalue weighted by Crippen LogP contribution is -2.52. The molecular formula is C31H34F6N6O2. The number of anilines is 1. The normalized spacial score (nSPS) is 23.9. The average molecular weight is 637 g/mol. The number of nitrogens with zero attached hydrogens (tertiary/aromatic N) is 5. The molecule has 0 saturated carbocycles. The summed E-state index contributed by atoms with van der Waals surface area (Å²) in [6.45, 7) is 1.70. The fourth-order valence-corrected chi connectivity index (χ4v) is 6.62. The van der Waals surface area contributed by atoms with Gasteiger partial charge in [0.1, 0.15) is 17.5 Å². The van der Waals surface area contributed by atoms with E-state index >= 15 is 8.78 Å². The van der Waals surface area contributed by atoms with Crippen molar-refractivity contribution in [3.63, 3.8) is 0 Å². The van der Waals surface area contributed by atoms with Crippen LogP contribution in [0.4, 0.5) is 32.2 Å². The first-order chi connectivity index (χ1) is 21.3. The number of fused-ring (bicyclic) bond motifs is 1. The van der Waals surface area contributed by atoms with Gasteiger partial charge in [-0.1, -0.05) is 0 Å².